The van der Waals surface area contributed by atoms with Crippen LogP contribution in [0.15, 0.2) is 60.2 Å². The van der Waals surface area contributed by atoms with E-state index in [-0.39, 0.29) is 0 Å². The minimum atomic E-state index is 0.492. The zero-order chi connectivity index (χ0) is 18.5. The summed E-state index contributed by atoms with van der Waals surface area (Å²) in [5.74, 6) is 1.45. The molecule has 0 saturated carbocycles. The highest BCUT2D eigenvalue weighted by Crippen LogP contribution is 2.44. The Kier molecular flexibility index (Phi) is 5.94. The third kappa shape index (κ3) is 4.27. The Hall–Kier alpha value is -2.06. The fraction of sp³-hybridized carbons (Fsp3) is 0.440. The number of benzene rings is 2. The summed E-state index contributed by atoms with van der Waals surface area (Å²) in [6.45, 7) is 3.64. The van der Waals surface area contributed by atoms with Crippen LogP contribution in [0.5, 0.6) is 5.75 Å². The second-order valence-corrected chi connectivity index (χ2v) is 7.94. The number of rotatable bonds is 5. The molecule has 0 radical (unpaired) electrons. The fourth-order valence-corrected chi connectivity index (χ4v) is 4.81. The van der Waals surface area contributed by atoms with Crippen molar-refractivity contribution in [1.82, 2.24) is 4.90 Å². The molecule has 142 valence electrons. The van der Waals surface area contributed by atoms with E-state index in [9.17, 15) is 0 Å². The molecule has 0 bridgehead atoms. The first-order valence-corrected chi connectivity index (χ1v) is 10.5. The molecule has 2 aromatic rings. The van der Waals surface area contributed by atoms with Crippen molar-refractivity contribution >= 4 is 5.57 Å². The lowest BCUT2D eigenvalue weighted by molar-refractivity contribution is 0.243. The van der Waals surface area contributed by atoms with Gasteiger partial charge in [-0.3, -0.25) is 4.90 Å². The lowest BCUT2D eigenvalue weighted by Gasteiger charge is -2.34. The highest BCUT2D eigenvalue weighted by atomic mass is 16.5. The van der Waals surface area contributed by atoms with E-state index in [2.05, 4.69) is 59.5 Å². The summed E-state index contributed by atoms with van der Waals surface area (Å²) in [6, 6.07) is 19.8. The Morgan fingerprint density at radius 3 is 2.52 bits per heavy atom. The molecule has 2 heteroatoms. The van der Waals surface area contributed by atoms with Gasteiger partial charge in [0, 0.05) is 12.5 Å². The second-order valence-electron chi connectivity index (χ2n) is 7.94. The lowest BCUT2D eigenvalue weighted by Crippen LogP contribution is -2.32. The van der Waals surface area contributed by atoms with Gasteiger partial charge in [0.25, 0.3) is 0 Å². The summed E-state index contributed by atoms with van der Waals surface area (Å²) in [6.07, 6.45) is 7.85. The van der Waals surface area contributed by atoms with Gasteiger partial charge in [0.15, 0.2) is 0 Å². The summed E-state index contributed by atoms with van der Waals surface area (Å²) in [5, 5.41) is 0. The maximum Gasteiger partial charge on any atom is 0.119 e. The predicted octanol–water partition coefficient (Wildman–Crippen LogP) is 5.90. The van der Waals surface area contributed by atoms with Gasteiger partial charge in [0.05, 0.1) is 7.11 Å². The van der Waals surface area contributed by atoms with Crippen molar-refractivity contribution in [1.29, 1.82) is 0 Å². The zero-order valence-electron chi connectivity index (χ0n) is 16.5. The van der Waals surface area contributed by atoms with Crippen molar-refractivity contribution < 1.29 is 4.74 Å². The monoisotopic (exact) mass is 361 g/mol. The molecule has 1 unspecified atom stereocenters. The number of ether oxygens (including phenoxy) is 1. The van der Waals surface area contributed by atoms with Gasteiger partial charge >= 0.3 is 0 Å². The Morgan fingerprint density at radius 2 is 1.74 bits per heavy atom. The van der Waals surface area contributed by atoms with Crippen LogP contribution in [0.4, 0.5) is 0 Å². The lowest BCUT2D eigenvalue weighted by atomic mass is 9.75. The number of methoxy groups -OCH3 is 1. The van der Waals surface area contributed by atoms with Gasteiger partial charge < -0.3 is 4.74 Å². The molecule has 1 fully saturated rings. The number of likely N-dealkylation sites (tertiary alicyclic amines) is 1. The molecule has 1 atom stereocenters. The van der Waals surface area contributed by atoms with E-state index in [4.69, 9.17) is 4.74 Å². The number of hydrogen-bond donors (Lipinski definition) is 0. The molecule has 0 amide bonds. The van der Waals surface area contributed by atoms with E-state index in [1.54, 1.807) is 18.3 Å². The Labute approximate surface area is 163 Å². The van der Waals surface area contributed by atoms with Gasteiger partial charge in [0.2, 0.25) is 0 Å². The fourth-order valence-electron chi connectivity index (χ4n) is 4.81. The normalized spacial score (nSPS) is 21.3. The van der Waals surface area contributed by atoms with Crippen LogP contribution < -0.4 is 4.74 Å². The van der Waals surface area contributed by atoms with Crippen LogP contribution in [0, 0.1) is 0 Å². The van der Waals surface area contributed by atoms with E-state index in [0.29, 0.717) is 5.92 Å². The number of piperidine rings is 1. The van der Waals surface area contributed by atoms with Gasteiger partial charge in [-0.15, -0.1) is 0 Å². The zero-order valence-corrected chi connectivity index (χ0v) is 16.5. The van der Waals surface area contributed by atoms with Gasteiger partial charge in [-0.25, -0.2) is 0 Å². The van der Waals surface area contributed by atoms with Gasteiger partial charge in [-0.2, -0.15) is 0 Å². The van der Waals surface area contributed by atoms with E-state index in [1.165, 1.54) is 62.7 Å². The average molecular weight is 362 g/mol. The van der Waals surface area contributed by atoms with E-state index >= 15 is 0 Å². The third-order valence-electron chi connectivity index (χ3n) is 6.15. The largest absolute Gasteiger partial charge is 0.497 e. The van der Waals surface area contributed by atoms with Crippen molar-refractivity contribution in [3.63, 3.8) is 0 Å². The minimum Gasteiger partial charge on any atom is -0.497 e. The van der Waals surface area contributed by atoms with Crippen LogP contribution in [-0.4, -0.2) is 31.6 Å². The molecule has 1 heterocycles. The number of hydrogen-bond acceptors (Lipinski definition) is 2. The van der Waals surface area contributed by atoms with Gasteiger partial charge in [0.1, 0.15) is 5.75 Å². The van der Waals surface area contributed by atoms with Crippen LogP contribution in [0.1, 0.15) is 55.6 Å². The smallest absolute Gasteiger partial charge is 0.119 e. The highest BCUT2D eigenvalue weighted by Gasteiger charge is 2.27. The Bertz CT molecular complexity index is 774. The first-order valence-electron chi connectivity index (χ1n) is 10.5. The molecule has 27 heavy (non-hydrogen) atoms. The molecule has 0 N–H and O–H groups in total. The molecule has 2 aliphatic rings. The third-order valence-corrected chi connectivity index (χ3v) is 6.15. The summed E-state index contributed by atoms with van der Waals surface area (Å²) >= 11 is 0. The molecule has 1 saturated heterocycles. The summed E-state index contributed by atoms with van der Waals surface area (Å²) in [5.41, 5.74) is 5.99. The van der Waals surface area contributed by atoms with Crippen LogP contribution >= 0.6 is 0 Å². The van der Waals surface area contributed by atoms with E-state index in [1.807, 2.05) is 0 Å². The highest BCUT2D eigenvalue weighted by molar-refractivity contribution is 5.76. The standard InChI is InChI=1S/C25H31NO/c1-27-23-14-8-12-21(18-23)25-22(19-26-16-6-3-7-17-26)13-9-15-24(25)20-10-4-2-5-11-20/h2,4-5,8,10-12,14,18,24H,3,6-7,9,13,15-17,19H2,1H3. The number of nitrogens with zero attached hydrogens (tertiary/aromatic N) is 1. The quantitative estimate of drug-likeness (QED) is 0.657. The van der Waals surface area contributed by atoms with E-state index in [0.717, 1.165) is 12.3 Å². The summed E-state index contributed by atoms with van der Waals surface area (Å²) in [4.78, 5) is 2.67. The number of allylic oxidation sites excluding steroid dienone is 1. The van der Waals surface area contributed by atoms with Crippen LogP contribution in [0.25, 0.3) is 5.57 Å². The molecule has 4 rings (SSSR count). The van der Waals surface area contributed by atoms with E-state index < -0.39 is 0 Å². The van der Waals surface area contributed by atoms with Gasteiger partial charge in [-0.05, 0) is 74.0 Å². The van der Waals surface area contributed by atoms with Crippen molar-refractivity contribution in [2.24, 2.45) is 0 Å². The first kappa shape index (κ1) is 18.3. The molecule has 0 aromatic heterocycles. The topological polar surface area (TPSA) is 12.5 Å². The Balaban J connectivity index is 1.75. The predicted molar refractivity (Wildman–Crippen MR) is 113 cm³/mol. The molecule has 1 aliphatic heterocycles. The summed E-state index contributed by atoms with van der Waals surface area (Å²) in [7, 11) is 1.76. The molecule has 0 spiro atoms. The van der Waals surface area contributed by atoms with Gasteiger partial charge in [-0.1, -0.05) is 54.5 Å². The van der Waals surface area contributed by atoms with Crippen LogP contribution in [0.2, 0.25) is 0 Å². The molecule has 2 nitrogen and oxygen atoms in total. The maximum absolute atomic E-state index is 5.54. The van der Waals surface area contributed by atoms with Crippen molar-refractivity contribution in [3.05, 3.63) is 71.3 Å². The maximum atomic E-state index is 5.54. The van der Waals surface area contributed by atoms with Crippen LogP contribution in [0.3, 0.4) is 0 Å². The SMILES string of the molecule is COc1cccc(C2=C(CN3CCCCC3)CCCC2c2ccccc2)c1. The molecular formula is C25H31NO. The van der Waals surface area contributed by atoms with Crippen molar-refractivity contribution in [2.75, 3.05) is 26.7 Å². The van der Waals surface area contributed by atoms with Crippen LogP contribution in [-0.2, 0) is 0 Å². The Morgan fingerprint density at radius 1 is 0.926 bits per heavy atom. The molecular weight excluding hydrogens is 330 g/mol. The van der Waals surface area contributed by atoms with Crippen molar-refractivity contribution in [2.45, 2.75) is 44.4 Å². The molecule has 2 aromatic carbocycles. The summed E-state index contributed by atoms with van der Waals surface area (Å²) < 4.78 is 5.54. The second kappa shape index (κ2) is 8.75. The minimum absolute atomic E-state index is 0.492. The average Bonchev–Trinajstić information content (AvgIpc) is 2.75. The van der Waals surface area contributed by atoms with Crippen molar-refractivity contribution in [3.8, 4) is 5.75 Å². The first-order chi connectivity index (χ1) is 13.3. The molecule has 1 aliphatic carbocycles.